The maximum atomic E-state index is 14.7. The molecule has 0 atom stereocenters. The van der Waals surface area contributed by atoms with Crippen molar-refractivity contribution in [3.05, 3.63) is 40.3 Å². The molecular weight excluding hydrogens is 267 g/mol. The third-order valence-electron chi connectivity index (χ3n) is 4.41. The predicted molar refractivity (Wildman–Crippen MR) is 82.7 cm³/mol. The van der Waals surface area contributed by atoms with E-state index in [9.17, 15) is 9.18 Å². The van der Waals surface area contributed by atoms with E-state index in [4.69, 9.17) is 5.73 Å². The average Bonchev–Trinajstić information content (AvgIpc) is 2.75. The van der Waals surface area contributed by atoms with E-state index in [1.165, 1.54) is 6.07 Å². The third kappa shape index (κ3) is 2.15. The van der Waals surface area contributed by atoms with Gasteiger partial charge in [0.1, 0.15) is 5.82 Å². The Morgan fingerprint density at radius 2 is 2.10 bits per heavy atom. The van der Waals surface area contributed by atoms with Crippen LogP contribution in [-0.4, -0.2) is 10.9 Å². The molecule has 1 aliphatic rings. The fourth-order valence-electron chi connectivity index (χ4n) is 3.20. The summed E-state index contributed by atoms with van der Waals surface area (Å²) in [6.45, 7) is 3.88. The van der Waals surface area contributed by atoms with Crippen LogP contribution in [0.2, 0.25) is 0 Å². The number of aromatic nitrogens is 1. The zero-order valence-corrected chi connectivity index (χ0v) is 12.3. The van der Waals surface area contributed by atoms with Crippen molar-refractivity contribution in [2.45, 2.75) is 39.5 Å². The van der Waals surface area contributed by atoms with Gasteiger partial charge in [-0.2, -0.15) is 0 Å². The zero-order valence-electron chi connectivity index (χ0n) is 12.3. The van der Waals surface area contributed by atoms with E-state index < -0.39 is 5.91 Å². The van der Waals surface area contributed by atoms with Crippen LogP contribution in [0.1, 0.15) is 52.9 Å². The number of hydrogen-bond acceptors (Lipinski definition) is 1. The Morgan fingerprint density at radius 1 is 1.33 bits per heavy atom. The van der Waals surface area contributed by atoms with Crippen LogP contribution in [0.4, 0.5) is 4.39 Å². The highest BCUT2D eigenvalue weighted by atomic mass is 19.1. The van der Waals surface area contributed by atoms with Gasteiger partial charge in [0.2, 0.25) is 0 Å². The molecule has 2 aromatic rings. The quantitative estimate of drug-likeness (QED) is 0.862. The van der Waals surface area contributed by atoms with Gasteiger partial charge >= 0.3 is 0 Å². The first-order valence-electron chi connectivity index (χ1n) is 7.31. The number of H-pyrrole nitrogens is 1. The second-order valence-electron chi connectivity index (χ2n) is 5.75. The molecule has 3 rings (SSSR count). The van der Waals surface area contributed by atoms with Crippen molar-refractivity contribution in [1.29, 1.82) is 0 Å². The topological polar surface area (TPSA) is 58.9 Å². The Balaban J connectivity index is 2.39. The minimum atomic E-state index is -0.607. The van der Waals surface area contributed by atoms with Gasteiger partial charge in [0.15, 0.2) is 0 Å². The lowest BCUT2D eigenvalue weighted by atomic mass is 9.89. The van der Waals surface area contributed by atoms with Gasteiger partial charge in [-0.25, -0.2) is 4.39 Å². The van der Waals surface area contributed by atoms with Crippen LogP contribution in [0, 0.1) is 19.7 Å². The summed E-state index contributed by atoms with van der Waals surface area (Å²) in [6.07, 6.45) is 6.21. The predicted octanol–water partition coefficient (Wildman–Crippen LogP) is 3.98. The van der Waals surface area contributed by atoms with E-state index in [0.717, 1.165) is 47.9 Å². The van der Waals surface area contributed by atoms with Crippen molar-refractivity contribution >= 4 is 22.4 Å². The van der Waals surface area contributed by atoms with Gasteiger partial charge in [0.25, 0.3) is 5.91 Å². The Kier molecular flexibility index (Phi) is 3.32. The minimum Gasteiger partial charge on any atom is -0.366 e. The number of allylic oxidation sites excluding steroid dienone is 2. The molecule has 0 spiro atoms. The molecule has 1 aromatic carbocycles. The number of nitrogens with one attached hydrogen (secondary N) is 1. The van der Waals surface area contributed by atoms with Crippen molar-refractivity contribution in [3.8, 4) is 0 Å². The smallest absolute Gasteiger partial charge is 0.250 e. The first-order valence-corrected chi connectivity index (χ1v) is 7.31. The van der Waals surface area contributed by atoms with Crippen LogP contribution in [0.5, 0.6) is 0 Å². The second-order valence-corrected chi connectivity index (χ2v) is 5.75. The Bertz CT molecular complexity index is 771. The molecule has 0 fully saturated rings. The summed E-state index contributed by atoms with van der Waals surface area (Å²) in [4.78, 5) is 14.8. The molecule has 4 heteroatoms. The van der Waals surface area contributed by atoms with Gasteiger partial charge in [-0.3, -0.25) is 4.79 Å². The molecule has 1 heterocycles. The van der Waals surface area contributed by atoms with Crippen LogP contribution in [0.15, 0.2) is 12.1 Å². The molecular formula is C17H19FN2O. The van der Waals surface area contributed by atoms with Crippen molar-refractivity contribution in [1.82, 2.24) is 4.98 Å². The summed E-state index contributed by atoms with van der Waals surface area (Å²) < 4.78 is 14.7. The van der Waals surface area contributed by atoms with Crippen LogP contribution in [0.25, 0.3) is 16.5 Å². The van der Waals surface area contributed by atoms with Crippen LogP contribution >= 0.6 is 0 Å². The van der Waals surface area contributed by atoms with Crippen LogP contribution < -0.4 is 5.73 Å². The van der Waals surface area contributed by atoms with Gasteiger partial charge in [-0.15, -0.1) is 0 Å². The van der Waals surface area contributed by atoms with E-state index in [1.807, 2.05) is 13.8 Å². The maximum absolute atomic E-state index is 14.7. The fourth-order valence-corrected chi connectivity index (χ4v) is 3.20. The number of benzene rings is 1. The van der Waals surface area contributed by atoms with Crippen molar-refractivity contribution in [2.24, 2.45) is 5.73 Å². The third-order valence-corrected chi connectivity index (χ3v) is 4.41. The molecule has 3 N–H and O–H groups in total. The molecule has 1 aliphatic carbocycles. The normalized spacial score (nSPS) is 15.3. The number of amides is 1. The number of fused-ring (bicyclic) bond motifs is 1. The number of carbonyl (C=O) groups excluding carboxylic acids is 1. The summed E-state index contributed by atoms with van der Waals surface area (Å²) in [5.41, 5.74) is 9.87. The molecule has 0 unspecified atom stereocenters. The lowest BCUT2D eigenvalue weighted by Crippen LogP contribution is -2.13. The average molecular weight is 286 g/mol. The van der Waals surface area contributed by atoms with E-state index in [1.54, 1.807) is 0 Å². The number of aryl methyl sites for hydroxylation is 2. The lowest BCUT2D eigenvalue weighted by Gasteiger charge is -2.16. The summed E-state index contributed by atoms with van der Waals surface area (Å²) in [5.74, 6) is -0.962. The first kappa shape index (κ1) is 13.9. The van der Waals surface area contributed by atoms with Gasteiger partial charge in [-0.05, 0) is 56.7 Å². The van der Waals surface area contributed by atoms with Crippen molar-refractivity contribution < 1.29 is 9.18 Å². The number of hydrogen-bond donors (Lipinski definition) is 2. The number of nitrogens with two attached hydrogens (primary N) is 1. The molecule has 110 valence electrons. The first-order chi connectivity index (χ1) is 10.0. The summed E-state index contributed by atoms with van der Waals surface area (Å²) >= 11 is 0. The molecule has 0 aliphatic heterocycles. The molecule has 0 saturated carbocycles. The van der Waals surface area contributed by atoms with Gasteiger partial charge in [0.05, 0.1) is 11.1 Å². The highest BCUT2D eigenvalue weighted by Gasteiger charge is 2.22. The monoisotopic (exact) mass is 286 g/mol. The van der Waals surface area contributed by atoms with Gasteiger partial charge in [-0.1, -0.05) is 6.08 Å². The maximum Gasteiger partial charge on any atom is 0.250 e. The highest BCUT2D eigenvalue weighted by Crippen LogP contribution is 2.37. The number of primary amides is 1. The Hall–Kier alpha value is -2.10. The van der Waals surface area contributed by atoms with Gasteiger partial charge < -0.3 is 10.7 Å². The molecule has 0 radical (unpaired) electrons. The van der Waals surface area contributed by atoms with Crippen LogP contribution in [0.3, 0.4) is 0 Å². The fraction of sp³-hybridized carbons (Fsp3) is 0.353. The number of halogens is 1. The van der Waals surface area contributed by atoms with E-state index >= 15 is 0 Å². The highest BCUT2D eigenvalue weighted by molar-refractivity contribution is 6.09. The van der Waals surface area contributed by atoms with E-state index in [-0.39, 0.29) is 11.4 Å². The number of aromatic amines is 1. The second kappa shape index (κ2) is 5.02. The van der Waals surface area contributed by atoms with Crippen molar-refractivity contribution in [3.63, 3.8) is 0 Å². The lowest BCUT2D eigenvalue weighted by molar-refractivity contribution is 0.100. The SMILES string of the molecule is Cc1[nH]c2c(C(N)=O)cc(F)c(C3=CCCCC3)c2c1C. The molecule has 0 saturated heterocycles. The number of rotatable bonds is 2. The molecule has 21 heavy (non-hydrogen) atoms. The van der Waals surface area contributed by atoms with Crippen molar-refractivity contribution in [2.75, 3.05) is 0 Å². The molecule has 1 amide bonds. The van der Waals surface area contributed by atoms with Crippen LogP contribution in [-0.2, 0) is 0 Å². The number of carbonyl (C=O) groups is 1. The largest absolute Gasteiger partial charge is 0.366 e. The summed E-state index contributed by atoms with van der Waals surface area (Å²) in [6, 6.07) is 1.27. The minimum absolute atomic E-state index is 0.221. The summed E-state index contributed by atoms with van der Waals surface area (Å²) in [7, 11) is 0. The van der Waals surface area contributed by atoms with Gasteiger partial charge in [0, 0.05) is 16.6 Å². The van der Waals surface area contributed by atoms with E-state index in [0.29, 0.717) is 11.1 Å². The standard InChI is InChI=1S/C17H19FN2O/c1-9-10(2)20-16-12(17(19)21)8-13(18)15(14(9)16)11-6-4-3-5-7-11/h6,8,20H,3-5,7H2,1-2H3,(H2,19,21). The summed E-state index contributed by atoms with van der Waals surface area (Å²) in [5, 5.41) is 0.800. The zero-order chi connectivity index (χ0) is 15.1. The Morgan fingerprint density at radius 3 is 2.71 bits per heavy atom. The molecule has 0 bridgehead atoms. The molecule has 3 nitrogen and oxygen atoms in total. The molecule has 1 aromatic heterocycles. The Labute approximate surface area is 123 Å². The van der Waals surface area contributed by atoms with E-state index in [2.05, 4.69) is 11.1 Å².